The normalized spacial score (nSPS) is 29.4. The molecule has 0 aromatic rings. The molecule has 1 amide bonds. The third kappa shape index (κ3) is 3.32. The Morgan fingerprint density at radius 1 is 1.40 bits per heavy atom. The molecule has 0 saturated carbocycles. The molecule has 116 valence electrons. The molecule has 0 aliphatic carbocycles. The summed E-state index contributed by atoms with van der Waals surface area (Å²) in [5, 5.41) is 3.10. The molecular weight excluding hydrogens is 252 g/mol. The molecule has 5 nitrogen and oxygen atoms in total. The first-order chi connectivity index (χ1) is 9.46. The molecule has 2 fully saturated rings. The largest absolute Gasteiger partial charge is 0.368 e. The monoisotopic (exact) mass is 282 g/mol. The number of likely N-dealkylation sites (N-methyl/N-ethyl adjacent to an activating group) is 1. The molecule has 0 bridgehead atoms. The topological polar surface area (TPSA) is 61.6 Å². The zero-order valence-electron chi connectivity index (χ0n) is 13.2. The van der Waals surface area contributed by atoms with Gasteiger partial charge in [-0.15, -0.1) is 0 Å². The number of carbonyl (C=O) groups is 1. The standard InChI is InChI=1S/C15H30N4O/c1-12(10-15(2,17-3)14(16)20)19-9-5-8-18-7-4-6-13(18)11-19/h12-13,17H,4-11H2,1-3H3,(H2,16,20). The van der Waals surface area contributed by atoms with Gasteiger partial charge in [0, 0.05) is 18.6 Å². The van der Waals surface area contributed by atoms with Crippen LogP contribution in [0.3, 0.4) is 0 Å². The van der Waals surface area contributed by atoms with Gasteiger partial charge in [0.15, 0.2) is 0 Å². The molecule has 2 heterocycles. The van der Waals surface area contributed by atoms with Gasteiger partial charge in [-0.1, -0.05) is 0 Å². The van der Waals surface area contributed by atoms with Gasteiger partial charge >= 0.3 is 0 Å². The first-order valence-corrected chi connectivity index (χ1v) is 7.93. The van der Waals surface area contributed by atoms with Crippen LogP contribution in [-0.4, -0.2) is 66.6 Å². The Morgan fingerprint density at radius 3 is 2.75 bits per heavy atom. The van der Waals surface area contributed by atoms with Gasteiger partial charge in [-0.05, 0) is 66.2 Å². The highest BCUT2D eigenvalue weighted by molar-refractivity contribution is 5.84. The van der Waals surface area contributed by atoms with Crippen LogP contribution in [-0.2, 0) is 4.79 Å². The van der Waals surface area contributed by atoms with Crippen LogP contribution in [0, 0.1) is 0 Å². The summed E-state index contributed by atoms with van der Waals surface area (Å²) in [6, 6.07) is 1.09. The second-order valence-electron chi connectivity index (χ2n) is 6.68. The van der Waals surface area contributed by atoms with Crippen LogP contribution in [0.2, 0.25) is 0 Å². The molecule has 20 heavy (non-hydrogen) atoms. The lowest BCUT2D eigenvalue weighted by molar-refractivity contribution is -0.124. The minimum absolute atomic E-state index is 0.260. The summed E-state index contributed by atoms with van der Waals surface area (Å²) in [5.74, 6) is -0.260. The maximum atomic E-state index is 11.7. The Kier molecular flexibility index (Phi) is 5.04. The summed E-state index contributed by atoms with van der Waals surface area (Å²) >= 11 is 0. The van der Waals surface area contributed by atoms with Crippen molar-refractivity contribution in [1.29, 1.82) is 0 Å². The van der Waals surface area contributed by atoms with Gasteiger partial charge in [-0.2, -0.15) is 0 Å². The van der Waals surface area contributed by atoms with Crippen molar-refractivity contribution in [3.8, 4) is 0 Å². The predicted octanol–water partition coefficient (Wildman–Crippen LogP) is 0.399. The SMILES string of the molecule is CNC(C)(CC(C)N1CCCN2CCCC2C1)C(N)=O. The first kappa shape index (κ1) is 15.7. The average molecular weight is 282 g/mol. The maximum Gasteiger partial charge on any atom is 0.237 e. The Morgan fingerprint density at radius 2 is 2.10 bits per heavy atom. The zero-order valence-corrected chi connectivity index (χ0v) is 13.2. The number of nitrogens with two attached hydrogens (primary N) is 1. The number of hydrogen-bond acceptors (Lipinski definition) is 4. The summed E-state index contributed by atoms with van der Waals surface area (Å²) < 4.78 is 0. The molecule has 3 atom stereocenters. The third-order valence-corrected chi connectivity index (χ3v) is 5.26. The van der Waals surface area contributed by atoms with Gasteiger partial charge in [0.25, 0.3) is 0 Å². The number of rotatable bonds is 5. The Balaban J connectivity index is 1.97. The van der Waals surface area contributed by atoms with Crippen LogP contribution in [0.25, 0.3) is 0 Å². The van der Waals surface area contributed by atoms with Crippen LogP contribution < -0.4 is 11.1 Å². The maximum absolute atomic E-state index is 11.7. The number of nitrogens with one attached hydrogen (secondary N) is 1. The fourth-order valence-electron chi connectivity index (χ4n) is 3.68. The van der Waals surface area contributed by atoms with E-state index in [0.717, 1.165) is 25.6 Å². The van der Waals surface area contributed by atoms with Gasteiger partial charge < -0.3 is 11.1 Å². The highest BCUT2D eigenvalue weighted by Gasteiger charge is 2.35. The molecule has 2 aliphatic heterocycles. The van der Waals surface area contributed by atoms with E-state index < -0.39 is 5.54 Å². The average Bonchev–Trinajstić information content (AvgIpc) is 2.75. The van der Waals surface area contributed by atoms with Crippen LogP contribution >= 0.6 is 0 Å². The van der Waals surface area contributed by atoms with E-state index in [-0.39, 0.29) is 5.91 Å². The molecule has 2 saturated heterocycles. The summed E-state index contributed by atoms with van der Waals surface area (Å²) in [6.45, 7) is 8.90. The van der Waals surface area contributed by atoms with E-state index in [9.17, 15) is 4.79 Å². The minimum Gasteiger partial charge on any atom is -0.368 e. The van der Waals surface area contributed by atoms with E-state index in [2.05, 4.69) is 22.0 Å². The molecule has 2 rings (SSSR count). The molecule has 3 N–H and O–H groups in total. The van der Waals surface area contributed by atoms with E-state index in [4.69, 9.17) is 5.73 Å². The van der Waals surface area contributed by atoms with Crippen LogP contribution in [0.15, 0.2) is 0 Å². The molecule has 0 aromatic heterocycles. The summed E-state index contributed by atoms with van der Waals surface area (Å²) in [6.07, 6.45) is 4.66. The van der Waals surface area contributed by atoms with E-state index >= 15 is 0 Å². The molecule has 0 spiro atoms. The third-order valence-electron chi connectivity index (χ3n) is 5.26. The summed E-state index contributed by atoms with van der Waals surface area (Å²) in [5.41, 5.74) is 4.94. The quantitative estimate of drug-likeness (QED) is 0.766. The molecule has 5 heteroatoms. The van der Waals surface area contributed by atoms with Gasteiger partial charge in [0.05, 0.1) is 5.54 Å². The first-order valence-electron chi connectivity index (χ1n) is 7.93. The van der Waals surface area contributed by atoms with Crippen molar-refractivity contribution >= 4 is 5.91 Å². The second-order valence-corrected chi connectivity index (χ2v) is 6.68. The van der Waals surface area contributed by atoms with Crippen molar-refractivity contribution in [3.05, 3.63) is 0 Å². The number of fused-ring (bicyclic) bond motifs is 1. The van der Waals surface area contributed by atoms with Gasteiger partial charge in [-0.25, -0.2) is 0 Å². The molecular formula is C15H30N4O. The number of amides is 1. The molecule has 2 aliphatic rings. The van der Waals surface area contributed by atoms with Crippen LogP contribution in [0.1, 0.15) is 39.5 Å². The number of hydrogen-bond donors (Lipinski definition) is 2. The lowest BCUT2D eigenvalue weighted by Gasteiger charge is -2.36. The van der Waals surface area contributed by atoms with Crippen molar-refractivity contribution in [2.75, 3.05) is 33.2 Å². The van der Waals surface area contributed by atoms with Gasteiger partial charge in [0.1, 0.15) is 0 Å². The van der Waals surface area contributed by atoms with Crippen LogP contribution in [0.5, 0.6) is 0 Å². The Labute approximate surface area is 122 Å². The Bertz CT molecular complexity index is 349. The van der Waals surface area contributed by atoms with E-state index in [1.54, 1.807) is 0 Å². The van der Waals surface area contributed by atoms with Crippen molar-refractivity contribution in [3.63, 3.8) is 0 Å². The smallest absolute Gasteiger partial charge is 0.237 e. The molecule has 3 unspecified atom stereocenters. The summed E-state index contributed by atoms with van der Waals surface area (Å²) in [7, 11) is 1.82. The van der Waals surface area contributed by atoms with E-state index in [1.807, 2.05) is 14.0 Å². The molecule has 0 aromatic carbocycles. The number of nitrogens with zero attached hydrogens (tertiary/aromatic N) is 2. The lowest BCUT2D eigenvalue weighted by Crippen LogP contribution is -2.55. The fourth-order valence-corrected chi connectivity index (χ4v) is 3.68. The zero-order chi connectivity index (χ0) is 14.8. The van der Waals surface area contributed by atoms with Crippen molar-refractivity contribution in [1.82, 2.24) is 15.1 Å². The Hall–Kier alpha value is -0.650. The van der Waals surface area contributed by atoms with E-state index in [1.165, 1.54) is 32.4 Å². The number of primary amides is 1. The highest BCUT2D eigenvalue weighted by Crippen LogP contribution is 2.24. The summed E-state index contributed by atoms with van der Waals surface area (Å²) in [4.78, 5) is 16.8. The second kappa shape index (κ2) is 6.41. The van der Waals surface area contributed by atoms with Crippen molar-refractivity contribution < 1.29 is 4.79 Å². The van der Waals surface area contributed by atoms with Crippen LogP contribution in [0.4, 0.5) is 0 Å². The van der Waals surface area contributed by atoms with Gasteiger partial charge in [-0.3, -0.25) is 14.6 Å². The highest BCUT2D eigenvalue weighted by atomic mass is 16.1. The van der Waals surface area contributed by atoms with E-state index in [0.29, 0.717) is 6.04 Å². The van der Waals surface area contributed by atoms with Gasteiger partial charge in [0.2, 0.25) is 5.91 Å². The number of carbonyl (C=O) groups excluding carboxylic acids is 1. The lowest BCUT2D eigenvalue weighted by atomic mass is 9.92. The molecule has 0 radical (unpaired) electrons. The fraction of sp³-hybridized carbons (Fsp3) is 0.933. The predicted molar refractivity (Wildman–Crippen MR) is 81.5 cm³/mol. The minimum atomic E-state index is -0.610. The van der Waals surface area contributed by atoms with Crippen molar-refractivity contribution in [2.45, 2.75) is 57.2 Å². The van der Waals surface area contributed by atoms with Crippen molar-refractivity contribution in [2.24, 2.45) is 5.73 Å².